The van der Waals surface area contributed by atoms with E-state index in [0.717, 1.165) is 19.1 Å². The molecule has 1 aliphatic heterocycles. The maximum absolute atomic E-state index is 14.0. The topological polar surface area (TPSA) is 106 Å². The highest BCUT2D eigenvalue weighted by atomic mass is 35.5. The van der Waals surface area contributed by atoms with Gasteiger partial charge in [-0.15, -0.1) is 0 Å². The van der Waals surface area contributed by atoms with Crippen LogP contribution in [0.2, 0.25) is 5.02 Å². The third-order valence-electron chi connectivity index (χ3n) is 6.49. The largest absolute Gasteiger partial charge is 0.465 e. The van der Waals surface area contributed by atoms with Crippen LogP contribution in [0.3, 0.4) is 0 Å². The Kier molecular flexibility index (Phi) is 7.25. The standard InChI is InChI=1S/C24H28ClN3O5S/c1-3-33-24(30)21-15-8-4-5-9-16(15)23(29)28(22(21)17-12-13-26-14-18(17)25)20-11-7-6-10-19(20)27-34(2,31)32/h4-5,8-9,12-14,19-22,27H,3,6-7,10-11H2,1-2H3/t19-,20-,21+,22-/m0/s1. The second kappa shape index (κ2) is 10.0. The molecule has 4 atom stereocenters. The van der Waals surface area contributed by atoms with Crippen LogP contribution >= 0.6 is 11.6 Å². The van der Waals surface area contributed by atoms with Crippen LogP contribution in [0, 0.1) is 0 Å². The average molecular weight is 506 g/mol. The fraction of sp³-hybridized carbons (Fsp3) is 0.458. The van der Waals surface area contributed by atoms with E-state index in [1.807, 2.05) is 0 Å². The van der Waals surface area contributed by atoms with Crippen LogP contribution in [-0.2, 0) is 19.6 Å². The van der Waals surface area contributed by atoms with Crippen LogP contribution in [0.5, 0.6) is 0 Å². The summed E-state index contributed by atoms with van der Waals surface area (Å²) in [4.78, 5) is 33.1. The number of esters is 1. The first kappa shape index (κ1) is 24.6. The Bertz CT molecular complexity index is 1190. The molecular weight excluding hydrogens is 478 g/mol. The number of ether oxygens (including phenoxy) is 1. The SMILES string of the molecule is CCOC(=O)[C@@H]1c2ccccc2C(=O)N([C@H]2CCCC[C@@H]2NS(C)(=O)=O)[C@H]1c1ccncc1Cl. The molecule has 1 N–H and O–H groups in total. The third-order valence-corrected chi connectivity index (χ3v) is 7.54. The number of amides is 1. The molecule has 8 nitrogen and oxygen atoms in total. The second-order valence-electron chi connectivity index (χ2n) is 8.72. The predicted octanol–water partition coefficient (Wildman–Crippen LogP) is 3.44. The number of carbonyl (C=O) groups excluding carboxylic acids is 2. The summed E-state index contributed by atoms with van der Waals surface area (Å²) in [6.45, 7) is 1.92. The Hall–Kier alpha value is -2.49. The Morgan fingerprint density at radius 2 is 1.94 bits per heavy atom. The van der Waals surface area contributed by atoms with Crippen LogP contribution in [0.25, 0.3) is 0 Å². The average Bonchev–Trinajstić information content (AvgIpc) is 2.79. The fourth-order valence-corrected chi connectivity index (χ4v) is 6.27. The Balaban J connectivity index is 1.93. The maximum atomic E-state index is 14.0. The van der Waals surface area contributed by atoms with Crippen molar-refractivity contribution in [2.75, 3.05) is 12.9 Å². The van der Waals surface area contributed by atoms with Gasteiger partial charge in [0.1, 0.15) is 5.92 Å². The lowest BCUT2D eigenvalue weighted by atomic mass is 9.77. The molecular formula is C24H28ClN3O5S. The number of benzene rings is 1. The summed E-state index contributed by atoms with van der Waals surface area (Å²) in [6, 6.07) is 6.99. The van der Waals surface area contributed by atoms with E-state index in [-0.39, 0.29) is 12.5 Å². The molecule has 4 rings (SSSR count). The normalized spacial score (nSPS) is 25.0. The Morgan fingerprint density at radius 3 is 2.65 bits per heavy atom. The molecule has 0 bridgehead atoms. The summed E-state index contributed by atoms with van der Waals surface area (Å²) in [5, 5.41) is 0.322. The van der Waals surface area contributed by atoms with Crippen molar-refractivity contribution in [3.63, 3.8) is 0 Å². The van der Waals surface area contributed by atoms with Gasteiger partial charge in [-0.05, 0) is 43.0 Å². The molecule has 1 saturated carbocycles. The van der Waals surface area contributed by atoms with Crippen LogP contribution in [0.15, 0.2) is 42.7 Å². The zero-order chi connectivity index (χ0) is 24.5. The lowest BCUT2D eigenvalue weighted by Crippen LogP contribution is -2.58. The van der Waals surface area contributed by atoms with Gasteiger partial charge in [-0.2, -0.15) is 0 Å². The number of carbonyl (C=O) groups is 2. The van der Waals surface area contributed by atoms with Gasteiger partial charge in [0.05, 0.1) is 23.9 Å². The molecule has 182 valence electrons. The van der Waals surface area contributed by atoms with E-state index in [0.29, 0.717) is 34.6 Å². The van der Waals surface area contributed by atoms with Crippen LogP contribution in [0.4, 0.5) is 0 Å². The number of nitrogens with one attached hydrogen (secondary N) is 1. The zero-order valence-electron chi connectivity index (χ0n) is 19.1. The minimum absolute atomic E-state index is 0.184. The van der Waals surface area contributed by atoms with Crippen LogP contribution in [0.1, 0.15) is 66.1 Å². The number of pyridine rings is 1. The molecule has 0 spiro atoms. The van der Waals surface area contributed by atoms with Gasteiger partial charge in [0, 0.05) is 30.0 Å². The van der Waals surface area contributed by atoms with Crippen molar-refractivity contribution in [1.82, 2.24) is 14.6 Å². The van der Waals surface area contributed by atoms with E-state index in [1.54, 1.807) is 48.4 Å². The van der Waals surface area contributed by atoms with E-state index >= 15 is 0 Å². The first-order chi connectivity index (χ1) is 16.2. The minimum Gasteiger partial charge on any atom is -0.465 e. The number of sulfonamides is 1. The third kappa shape index (κ3) is 4.82. The van der Waals surface area contributed by atoms with Gasteiger partial charge >= 0.3 is 5.97 Å². The zero-order valence-corrected chi connectivity index (χ0v) is 20.7. The second-order valence-corrected chi connectivity index (χ2v) is 10.9. The molecule has 34 heavy (non-hydrogen) atoms. The molecule has 0 unspecified atom stereocenters. The molecule has 2 heterocycles. The summed E-state index contributed by atoms with van der Waals surface area (Å²) >= 11 is 6.56. The van der Waals surface area contributed by atoms with Crippen molar-refractivity contribution in [3.05, 3.63) is 64.4 Å². The molecule has 2 aliphatic rings. The van der Waals surface area contributed by atoms with E-state index < -0.39 is 40.0 Å². The van der Waals surface area contributed by atoms with E-state index in [9.17, 15) is 18.0 Å². The molecule has 2 aromatic rings. The van der Waals surface area contributed by atoms with E-state index in [4.69, 9.17) is 16.3 Å². The van der Waals surface area contributed by atoms with Crippen LogP contribution < -0.4 is 4.72 Å². The molecule has 1 fully saturated rings. The molecule has 0 saturated heterocycles. The molecule has 1 aromatic heterocycles. The molecule has 1 amide bonds. The summed E-state index contributed by atoms with van der Waals surface area (Å²) in [7, 11) is -3.52. The molecule has 0 radical (unpaired) electrons. The fourth-order valence-electron chi connectivity index (χ4n) is 5.22. The van der Waals surface area contributed by atoms with Crippen LogP contribution in [-0.4, -0.2) is 55.1 Å². The van der Waals surface area contributed by atoms with Gasteiger partial charge in [-0.25, -0.2) is 13.1 Å². The highest BCUT2D eigenvalue weighted by molar-refractivity contribution is 7.88. The number of nitrogens with zero attached hydrogens (tertiary/aromatic N) is 2. The number of fused-ring (bicyclic) bond motifs is 1. The summed E-state index contributed by atoms with van der Waals surface area (Å²) in [5.41, 5.74) is 1.55. The van der Waals surface area contributed by atoms with Crippen molar-refractivity contribution in [1.29, 1.82) is 0 Å². The van der Waals surface area contributed by atoms with E-state index in [2.05, 4.69) is 9.71 Å². The maximum Gasteiger partial charge on any atom is 0.315 e. The summed E-state index contributed by atoms with van der Waals surface area (Å²) < 4.78 is 32.5. The van der Waals surface area contributed by atoms with Crippen molar-refractivity contribution in [3.8, 4) is 0 Å². The number of hydrogen-bond donors (Lipinski definition) is 1. The lowest BCUT2D eigenvalue weighted by Gasteiger charge is -2.48. The Labute approximate surface area is 204 Å². The number of hydrogen-bond acceptors (Lipinski definition) is 6. The van der Waals surface area contributed by atoms with Crippen molar-refractivity contribution in [2.24, 2.45) is 0 Å². The van der Waals surface area contributed by atoms with Crippen molar-refractivity contribution in [2.45, 2.75) is 56.7 Å². The van der Waals surface area contributed by atoms with Gasteiger partial charge in [-0.1, -0.05) is 42.6 Å². The van der Waals surface area contributed by atoms with Gasteiger partial charge in [0.15, 0.2) is 0 Å². The first-order valence-electron chi connectivity index (χ1n) is 11.4. The van der Waals surface area contributed by atoms with Crippen molar-refractivity contribution >= 4 is 33.5 Å². The number of halogens is 1. The highest BCUT2D eigenvalue weighted by Gasteiger charge is 2.49. The summed E-state index contributed by atoms with van der Waals surface area (Å²) in [5.74, 6) is -1.55. The van der Waals surface area contributed by atoms with Crippen molar-refractivity contribution < 1.29 is 22.7 Å². The highest BCUT2D eigenvalue weighted by Crippen LogP contribution is 2.47. The Morgan fingerprint density at radius 1 is 1.21 bits per heavy atom. The number of rotatable bonds is 6. The predicted molar refractivity (Wildman–Crippen MR) is 128 cm³/mol. The molecule has 1 aromatic carbocycles. The molecule has 10 heteroatoms. The van der Waals surface area contributed by atoms with Gasteiger partial charge in [0.25, 0.3) is 5.91 Å². The minimum atomic E-state index is -3.52. The molecule has 1 aliphatic carbocycles. The summed E-state index contributed by atoms with van der Waals surface area (Å²) in [6.07, 6.45) is 7.02. The number of aromatic nitrogens is 1. The van der Waals surface area contributed by atoms with Gasteiger partial charge in [-0.3, -0.25) is 14.6 Å². The van der Waals surface area contributed by atoms with Gasteiger partial charge in [0.2, 0.25) is 10.0 Å². The van der Waals surface area contributed by atoms with E-state index in [1.165, 1.54) is 6.20 Å². The monoisotopic (exact) mass is 505 g/mol. The smallest absolute Gasteiger partial charge is 0.315 e. The lowest BCUT2D eigenvalue weighted by molar-refractivity contribution is -0.147. The first-order valence-corrected chi connectivity index (χ1v) is 13.6. The van der Waals surface area contributed by atoms with Gasteiger partial charge < -0.3 is 9.64 Å². The quantitative estimate of drug-likeness (QED) is 0.603.